The topological polar surface area (TPSA) is 64.4 Å². The van der Waals surface area contributed by atoms with E-state index >= 15 is 0 Å². The molecule has 0 radical (unpaired) electrons. The minimum atomic E-state index is -2.33. The number of benzene rings is 2. The summed E-state index contributed by atoms with van der Waals surface area (Å²) in [6.45, 7) is 4.94. The fourth-order valence-corrected chi connectivity index (χ4v) is 2.80. The molecule has 1 heterocycles. The molecule has 0 spiro atoms. The first-order valence-corrected chi connectivity index (χ1v) is 8.60. The van der Waals surface area contributed by atoms with Crippen molar-refractivity contribution in [3.8, 4) is 5.75 Å². The van der Waals surface area contributed by atoms with E-state index in [4.69, 9.17) is 9.26 Å². The minimum Gasteiger partial charge on any atom is -0.488 e. The van der Waals surface area contributed by atoms with Gasteiger partial charge in [0, 0.05) is 0 Å². The highest BCUT2D eigenvalue weighted by Crippen LogP contribution is 2.29. The number of halogens is 5. The van der Waals surface area contributed by atoms with Crippen molar-refractivity contribution in [2.75, 3.05) is 5.32 Å². The number of ether oxygens (including phenoxy) is 1. The SMILES string of the molecule is Cc1cccc(C)c1OCc1c(C(=O)Nc2c(F)c(F)c(F)c(F)c2F)noc1C. The van der Waals surface area contributed by atoms with E-state index in [9.17, 15) is 26.7 Å². The van der Waals surface area contributed by atoms with Crippen molar-refractivity contribution in [2.24, 2.45) is 0 Å². The number of nitrogens with zero attached hydrogens (tertiary/aromatic N) is 1. The molecule has 3 aromatic rings. The Labute approximate surface area is 167 Å². The zero-order valence-corrected chi connectivity index (χ0v) is 16.0. The summed E-state index contributed by atoms with van der Waals surface area (Å²) in [5.41, 5.74) is -0.0894. The van der Waals surface area contributed by atoms with Gasteiger partial charge in [-0.1, -0.05) is 23.4 Å². The average Bonchev–Trinajstić information content (AvgIpc) is 3.08. The van der Waals surface area contributed by atoms with E-state index in [2.05, 4.69) is 5.16 Å². The predicted molar refractivity (Wildman–Crippen MR) is 95.7 cm³/mol. The van der Waals surface area contributed by atoms with E-state index in [0.29, 0.717) is 5.75 Å². The fraction of sp³-hybridized carbons (Fsp3) is 0.200. The van der Waals surface area contributed by atoms with Crippen LogP contribution in [-0.2, 0) is 6.61 Å². The number of hydrogen-bond donors (Lipinski definition) is 1. The maximum Gasteiger partial charge on any atom is 0.278 e. The second-order valence-corrected chi connectivity index (χ2v) is 6.47. The molecule has 10 heteroatoms. The van der Waals surface area contributed by atoms with Gasteiger partial charge in [0.1, 0.15) is 23.8 Å². The molecule has 30 heavy (non-hydrogen) atoms. The highest BCUT2D eigenvalue weighted by molar-refractivity contribution is 6.04. The van der Waals surface area contributed by atoms with Gasteiger partial charge in [0.2, 0.25) is 5.82 Å². The van der Waals surface area contributed by atoms with Gasteiger partial charge in [-0.25, -0.2) is 22.0 Å². The van der Waals surface area contributed by atoms with E-state index < -0.39 is 46.4 Å². The van der Waals surface area contributed by atoms with Crippen LogP contribution in [0.15, 0.2) is 22.7 Å². The molecule has 0 saturated heterocycles. The summed E-state index contributed by atoms with van der Waals surface area (Å²) in [4.78, 5) is 12.4. The maximum atomic E-state index is 13.8. The molecular weight excluding hydrogens is 411 g/mol. The van der Waals surface area contributed by atoms with E-state index in [0.717, 1.165) is 11.1 Å². The molecule has 2 aromatic carbocycles. The Balaban J connectivity index is 1.89. The Kier molecular flexibility index (Phi) is 5.77. The number of aryl methyl sites for hydroxylation is 3. The third-order valence-electron chi connectivity index (χ3n) is 4.42. The maximum absolute atomic E-state index is 13.8. The van der Waals surface area contributed by atoms with Crippen LogP contribution < -0.4 is 10.1 Å². The molecule has 0 unspecified atom stereocenters. The van der Waals surface area contributed by atoms with Gasteiger partial charge < -0.3 is 14.6 Å². The van der Waals surface area contributed by atoms with E-state index in [1.54, 1.807) is 5.32 Å². The highest BCUT2D eigenvalue weighted by atomic mass is 19.2. The predicted octanol–water partition coefficient (Wildman–Crippen LogP) is 5.13. The van der Waals surface area contributed by atoms with Crippen molar-refractivity contribution < 1.29 is 36.0 Å². The van der Waals surface area contributed by atoms with Gasteiger partial charge in [0.25, 0.3) is 5.91 Å². The van der Waals surface area contributed by atoms with Crippen molar-refractivity contribution in [3.63, 3.8) is 0 Å². The van der Waals surface area contributed by atoms with Gasteiger partial charge >= 0.3 is 0 Å². The number of hydrogen-bond acceptors (Lipinski definition) is 4. The molecule has 3 rings (SSSR count). The quantitative estimate of drug-likeness (QED) is 0.349. The first kappa shape index (κ1) is 21.3. The van der Waals surface area contributed by atoms with Crippen LogP contribution >= 0.6 is 0 Å². The standard InChI is InChI=1S/C20H15F5N2O3/c1-8-5-4-6-9(2)19(8)29-7-11-10(3)30-27-17(11)20(28)26-18-15(24)13(22)12(21)14(23)16(18)25/h4-6H,7H2,1-3H3,(H,26,28). The summed E-state index contributed by atoms with van der Waals surface area (Å²) < 4.78 is 78.2. The Morgan fingerprint density at radius 3 is 2.07 bits per heavy atom. The molecule has 1 amide bonds. The van der Waals surface area contributed by atoms with Crippen molar-refractivity contribution in [1.82, 2.24) is 5.16 Å². The molecule has 0 bridgehead atoms. The highest BCUT2D eigenvalue weighted by Gasteiger charge is 2.29. The molecule has 0 aliphatic rings. The lowest BCUT2D eigenvalue weighted by atomic mass is 10.1. The van der Waals surface area contributed by atoms with Gasteiger partial charge in [0.05, 0.1) is 5.56 Å². The van der Waals surface area contributed by atoms with Crippen LogP contribution in [0.2, 0.25) is 0 Å². The van der Waals surface area contributed by atoms with Crippen LogP contribution in [0.5, 0.6) is 5.75 Å². The van der Waals surface area contributed by atoms with Crippen molar-refractivity contribution in [2.45, 2.75) is 27.4 Å². The first-order chi connectivity index (χ1) is 14.1. The third kappa shape index (κ3) is 3.72. The fourth-order valence-electron chi connectivity index (χ4n) is 2.80. The van der Waals surface area contributed by atoms with Gasteiger partial charge in [-0.15, -0.1) is 0 Å². The summed E-state index contributed by atoms with van der Waals surface area (Å²) in [6, 6.07) is 5.48. The number of nitrogens with one attached hydrogen (secondary N) is 1. The van der Waals surface area contributed by atoms with Crippen LogP contribution in [0.3, 0.4) is 0 Å². The van der Waals surface area contributed by atoms with Crippen LogP contribution in [0.4, 0.5) is 27.6 Å². The molecule has 158 valence electrons. The van der Waals surface area contributed by atoms with Gasteiger partial charge in [-0.05, 0) is 31.9 Å². The first-order valence-electron chi connectivity index (χ1n) is 8.60. The van der Waals surface area contributed by atoms with E-state index in [1.807, 2.05) is 32.0 Å². The largest absolute Gasteiger partial charge is 0.488 e. The Bertz CT molecular complexity index is 1090. The molecule has 0 saturated carbocycles. The van der Waals surface area contributed by atoms with Crippen LogP contribution in [0.25, 0.3) is 0 Å². The molecule has 0 aliphatic heterocycles. The summed E-state index contributed by atoms with van der Waals surface area (Å²) in [5, 5.41) is 5.18. The summed E-state index contributed by atoms with van der Waals surface area (Å²) in [5.74, 6) is -11.5. The van der Waals surface area contributed by atoms with Gasteiger partial charge in [-0.2, -0.15) is 0 Å². The summed E-state index contributed by atoms with van der Waals surface area (Å²) in [7, 11) is 0. The number of amides is 1. The lowest BCUT2D eigenvalue weighted by Gasteiger charge is -2.12. The number of carbonyl (C=O) groups is 1. The number of aromatic nitrogens is 1. The number of para-hydroxylation sites is 1. The molecular formula is C20H15F5N2O3. The second kappa shape index (κ2) is 8.13. The lowest BCUT2D eigenvalue weighted by molar-refractivity contribution is 0.101. The normalized spacial score (nSPS) is 10.9. The van der Waals surface area contributed by atoms with Crippen molar-refractivity contribution >= 4 is 11.6 Å². The van der Waals surface area contributed by atoms with Gasteiger partial charge in [-0.3, -0.25) is 4.79 Å². The third-order valence-corrected chi connectivity index (χ3v) is 4.42. The monoisotopic (exact) mass is 426 g/mol. The Morgan fingerprint density at radius 1 is 0.967 bits per heavy atom. The van der Waals surface area contributed by atoms with Crippen LogP contribution in [0, 0.1) is 49.9 Å². The molecule has 1 N–H and O–H groups in total. The zero-order chi connectivity index (χ0) is 22.2. The second-order valence-electron chi connectivity index (χ2n) is 6.47. The number of carbonyl (C=O) groups excluding carboxylic acids is 1. The lowest BCUT2D eigenvalue weighted by Crippen LogP contribution is -2.19. The smallest absolute Gasteiger partial charge is 0.278 e. The van der Waals surface area contributed by atoms with Crippen LogP contribution in [-0.4, -0.2) is 11.1 Å². The average molecular weight is 426 g/mol. The van der Waals surface area contributed by atoms with Gasteiger partial charge in [0.15, 0.2) is 29.0 Å². The Morgan fingerprint density at radius 2 is 1.50 bits per heavy atom. The zero-order valence-electron chi connectivity index (χ0n) is 16.0. The van der Waals surface area contributed by atoms with E-state index in [-0.39, 0.29) is 17.9 Å². The summed E-state index contributed by atoms with van der Waals surface area (Å²) in [6.07, 6.45) is 0. The molecule has 0 fully saturated rings. The van der Waals surface area contributed by atoms with Crippen molar-refractivity contribution in [3.05, 3.63) is 75.4 Å². The van der Waals surface area contributed by atoms with Crippen LogP contribution in [0.1, 0.15) is 32.9 Å². The molecule has 5 nitrogen and oxygen atoms in total. The number of anilines is 1. The summed E-state index contributed by atoms with van der Waals surface area (Å²) >= 11 is 0. The van der Waals surface area contributed by atoms with E-state index in [1.165, 1.54) is 6.92 Å². The molecule has 1 aromatic heterocycles. The Hall–Kier alpha value is -3.43. The molecule has 0 aliphatic carbocycles. The minimum absolute atomic E-state index is 0.152. The number of rotatable bonds is 5. The molecule has 0 atom stereocenters. The van der Waals surface area contributed by atoms with Crippen molar-refractivity contribution in [1.29, 1.82) is 0 Å².